The maximum absolute atomic E-state index is 11.4. The Hall–Kier alpha value is -1.62. The van der Waals surface area contributed by atoms with Gasteiger partial charge in [-0.25, -0.2) is 9.78 Å². The zero-order valence-corrected chi connectivity index (χ0v) is 11.3. The van der Waals surface area contributed by atoms with Crippen molar-refractivity contribution in [1.82, 2.24) is 10.3 Å². The van der Waals surface area contributed by atoms with E-state index in [9.17, 15) is 4.79 Å². The van der Waals surface area contributed by atoms with Crippen LogP contribution in [0.15, 0.2) is 12.1 Å². The highest BCUT2D eigenvalue weighted by Crippen LogP contribution is 2.13. The van der Waals surface area contributed by atoms with Crippen LogP contribution < -0.4 is 10.1 Å². The Morgan fingerprint density at radius 2 is 2.17 bits per heavy atom. The Balaban J connectivity index is 2.54. The summed E-state index contributed by atoms with van der Waals surface area (Å²) < 4.78 is 10.1. The molecule has 0 radical (unpaired) electrons. The summed E-state index contributed by atoms with van der Waals surface area (Å²) in [6.07, 6.45) is 0. The molecule has 0 bridgehead atoms. The molecule has 5 nitrogen and oxygen atoms in total. The number of hydrogen-bond donors (Lipinski definition) is 1. The Labute approximate surface area is 108 Å². The minimum atomic E-state index is -0.381. The number of aryl methyl sites for hydroxylation is 1. The van der Waals surface area contributed by atoms with Gasteiger partial charge in [-0.05, 0) is 13.0 Å². The quantitative estimate of drug-likeness (QED) is 0.615. The third-order valence-electron chi connectivity index (χ3n) is 2.37. The van der Waals surface area contributed by atoms with Crippen molar-refractivity contribution in [3.63, 3.8) is 0 Å². The average molecular weight is 252 g/mol. The maximum Gasteiger partial charge on any atom is 0.339 e. The number of ether oxygens (including phenoxy) is 2. The predicted octanol–water partition coefficient (Wildman–Crippen LogP) is 1.55. The lowest BCUT2D eigenvalue weighted by Gasteiger charge is -2.10. The summed E-state index contributed by atoms with van der Waals surface area (Å²) in [4.78, 5) is 15.6. The topological polar surface area (TPSA) is 60.5 Å². The molecule has 0 aliphatic rings. The summed E-state index contributed by atoms with van der Waals surface area (Å²) in [5, 5.41) is 3.24. The highest BCUT2D eigenvalue weighted by molar-refractivity contribution is 5.90. The molecule has 1 heterocycles. The van der Waals surface area contributed by atoms with E-state index in [0.717, 1.165) is 6.54 Å². The summed E-state index contributed by atoms with van der Waals surface area (Å²) in [7, 11) is 1.35. The third-order valence-corrected chi connectivity index (χ3v) is 2.37. The number of nitrogens with one attached hydrogen (secondary N) is 1. The summed E-state index contributed by atoms with van der Waals surface area (Å²) in [6, 6.07) is 3.78. The first-order valence-corrected chi connectivity index (χ1v) is 5.96. The van der Waals surface area contributed by atoms with Gasteiger partial charge in [0.1, 0.15) is 6.61 Å². The van der Waals surface area contributed by atoms with Gasteiger partial charge in [0.05, 0.1) is 18.4 Å². The number of carbonyl (C=O) groups excluding carboxylic acids is 1. The fourth-order valence-corrected chi connectivity index (χ4v) is 1.45. The van der Waals surface area contributed by atoms with Crippen molar-refractivity contribution in [2.75, 3.05) is 20.3 Å². The van der Waals surface area contributed by atoms with Crippen LogP contribution >= 0.6 is 0 Å². The van der Waals surface area contributed by atoms with Crippen LogP contribution in [0.4, 0.5) is 0 Å². The number of hydrogen-bond acceptors (Lipinski definition) is 5. The van der Waals surface area contributed by atoms with Gasteiger partial charge in [0.25, 0.3) is 0 Å². The van der Waals surface area contributed by atoms with Crippen LogP contribution in [-0.4, -0.2) is 37.3 Å². The number of rotatable bonds is 6. The van der Waals surface area contributed by atoms with Crippen LogP contribution in [0.1, 0.15) is 29.9 Å². The molecule has 0 aliphatic heterocycles. The first-order valence-electron chi connectivity index (χ1n) is 5.96. The largest absolute Gasteiger partial charge is 0.476 e. The lowest BCUT2D eigenvalue weighted by molar-refractivity contribution is 0.0599. The summed E-state index contributed by atoms with van der Waals surface area (Å²) in [6.45, 7) is 7.21. The van der Waals surface area contributed by atoms with Crippen molar-refractivity contribution in [2.24, 2.45) is 0 Å². The molecule has 18 heavy (non-hydrogen) atoms. The Morgan fingerprint density at radius 1 is 1.44 bits per heavy atom. The van der Waals surface area contributed by atoms with E-state index < -0.39 is 0 Å². The van der Waals surface area contributed by atoms with E-state index in [1.54, 1.807) is 19.1 Å². The lowest BCUT2D eigenvalue weighted by Crippen LogP contribution is -2.27. The first-order chi connectivity index (χ1) is 8.54. The number of nitrogens with zero attached hydrogens (tertiary/aromatic N) is 1. The van der Waals surface area contributed by atoms with Gasteiger partial charge in [0.15, 0.2) is 0 Å². The van der Waals surface area contributed by atoms with Crippen molar-refractivity contribution in [1.29, 1.82) is 0 Å². The molecule has 0 saturated heterocycles. The van der Waals surface area contributed by atoms with Crippen molar-refractivity contribution in [3.05, 3.63) is 23.4 Å². The number of aromatic nitrogens is 1. The number of methoxy groups -OCH3 is 1. The molecule has 0 saturated carbocycles. The highest BCUT2D eigenvalue weighted by Gasteiger charge is 2.10. The van der Waals surface area contributed by atoms with Gasteiger partial charge < -0.3 is 14.8 Å². The Kier molecular flexibility index (Phi) is 5.58. The first kappa shape index (κ1) is 14.4. The molecule has 0 unspecified atom stereocenters. The van der Waals surface area contributed by atoms with Crippen molar-refractivity contribution < 1.29 is 14.3 Å². The molecule has 1 aromatic rings. The molecule has 1 rings (SSSR count). The van der Waals surface area contributed by atoms with Gasteiger partial charge in [-0.1, -0.05) is 13.8 Å². The zero-order chi connectivity index (χ0) is 13.5. The van der Waals surface area contributed by atoms with Gasteiger partial charge in [-0.3, -0.25) is 0 Å². The van der Waals surface area contributed by atoms with Crippen LogP contribution in [0.2, 0.25) is 0 Å². The SMILES string of the molecule is COC(=O)c1ccc(OCCNC(C)C)nc1C. The monoisotopic (exact) mass is 252 g/mol. The molecule has 1 aromatic heterocycles. The second-order valence-electron chi connectivity index (χ2n) is 4.23. The van der Waals surface area contributed by atoms with E-state index in [4.69, 9.17) is 4.74 Å². The third kappa shape index (κ3) is 4.33. The van der Waals surface area contributed by atoms with E-state index >= 15 is 0 Å². The van der Waals surface area contributed by atoms with Crippen molar-refractivity contribution in [2.45, 2.75) is 26.8 Å². The van der Waals surface area contributed by atoms with E-state index in [0.29, 0.717) is 29.8 Å². The van der Waals surface area contributed by atoms with Crippen LogP contribution in [0, 0.1) is 6.92 Å². The fraction of sp³-hybridized carbons (Fsp3) is 0.538. The van der Waals surface area contributed by atoms with Gasteiger partial charge in [-0.15, -0.1) is 0 Å². The molecular formula is C13H20N2O3. The summed E-state index contributed by atoms with van der Waals surface area (Å²) >= 11 is 0. The Morgan fingerprint density at radius 3 is 2.72 bits per heavy atom. The minimum Gasteiger partial charge on any atom is -0.476 e. The second-order valence-corrected chi connectivity index (χ2v) is 4.23. The molecule has 100 valence electrons. The van der Waals surface area contributed by atoms with Crippen LogP contribution in [0.3, 0.4) is 0 Å². The van der Waals surface area contributed by atoms with Crippen molar-refractivity contribution in [3.8, 4) is 5.88 Å². The molecule has 0 amide bonds. The van der Waals surface area contributed by atoms with E-state index in [1.807, 2.05) is 0 Å². The maximum atomic E-state index is 11.4. The predicted molar refractivity (Wildman–Crippen MR) is 68.9 cm³/mol. The average Bonchev–Trinajstić information content (AvgIpc) is 2.33. The second kappa shape index (κ2) is 6.96. The van der Waals surface area contributed by atoms with Gasteiger partial charge in [0.2, 0.25) is 5.88 Å². The van der Waals surface area contributed by atoms with Gasteiger partial charge >= 0.3 is 5.97 Å². The molecule has 0 atom stereocenters. The molecule has 0 fully saturated rings. The molecule has 5 heteroatoms. The number of pyridine rings is 1. The summed E-state index contributed by atoms with van der Waals surface area (Å²) in [5.74, 6) is 0.138. The van der Waals surface area contributed by atoms with Gasteiger partial charge in [0, 0.05) is 18.7 Å². The van der Waals surface area contributed by atoms with Gasteiger partial charge in [-0.2, -0.15) is 0 Å². The van der Waals surface area contributed by atoms with E-state index in [-0.39, 0.29) is 5.97 Å². The van der Waals surface area contributed by atoms with Crippen LogP contribution in [0.25, 0.3) is 0 Å². The number of esters is 1. The van der Waals surface area contributed by atoms with Crippen LogP contribution in [-0.2, 0) is 4.74 Å². The lowest BCUT2D eigenvalue weighted by atomic mass is 10.2. The molecule has 0 aliphatic carbocycles. The van der Waals surface area contributed by atoms with Crippen molar-refractivity contribution >= 4 is 5.97 Å². The molecule has 0 aromatic carbocycles. The Bertz CT molecular complexity index is 405. The molecular weight excluding hydrogens is 232 g/mol. The fourth-order valence-electron chi connectivity index (χ4n) is 1.45. The number of carbonyl (C=O) groups is 1. The smallest absolute Gasteiger partial charge is 0.339 e. The highest BCUT2D eigenvalue weighted by atomic mass is 16.5. The minimum absolute atomic E-state index is 0.381. The van der Waals surface area contributed by atoms with E-state index in [1.165, 1.54) is 7.11 Å². The molecule has 0 spiro atoms. The normalized spacial score (nSPS) is 10.5. The van der Waals surface area contributed by atoms with E-state index in [2.05, 4.69) is 28.9 Å². The standard InChI is InChI=1S/C13H20N2O3/c1-9(2)14-7-8-18-12-6-5-11(10(3)15-12)13(16)17-4/h5-6,9,14H,7-8H2,1-4H3. The van der Waals surface area contributed by atoms with Crippen LogP contribution in [0.5, 0.6) is 5.88 Å². The summed E-state index contributed by atoms with van der Waals surface area (Å²) in [5.41, 5.74) is 1.07. The molecule has 1 N–H and O–H groups in total. The zero-order valence-electron chi connectivity index (χ0n) is 11.3.